The van der Waals surface area contributed by atoms with Crippen molar-refractivity contribution in [3.63, 3.8) is 0 Å². The normalized spacial score (nSPS) is 13.6. The van der Waals surface area contributed by atoms with Gasteiger partial charge < -0.3 is 20.4 Å². The highest BCUT2D eigenvalue weighted by Gasteiger charge is 2.38. The second kappa shape index (κ2) is 16.4. The number of carboxylic acids is 2. The van der Waals surface area contributed by atoms with Crippen molar-refractivity contribution >= 4 is 29.4 Å². The van der Waals surface area contributed by atoms with Crippen LogP contribution in [0.15, 0.2) is 72.9 Å². The maximum atomic E-state index is 12.6. The van der Waals surface area contributed by atoms with E-state index < -0.39 is 24.3 Å². The van der Waals surface area contributed by atoms with E-state index in [0.29, 0.717) is 11.6 Å². The number of nitrogens with one attached hydrogen (secondary N) is 1. The van der Waals surface area contributed by atoms with E-state index in [-0.39, 0.29) is 5.91 Å². The van der Waals surface area contributed by atoms with Crippen LogP contribution in [0.5, 0.6) is 0 Å². The Morgan fingerprint density at radius 3 is 1.96 bits per heavy atom. The number of carboxylic acid groups (broad SMARTS) is 2. The first-order chi connectivity index (χ1) is 21.0. The fourth-order valence-electron chi connectivity index (χ4n) is 4.19. The number of amides is 1. The number of nitrogens with zero attached hydrogens (tertiary/aromatic N) is 3. The summed E-state index contributed by atoms with van der Waals surface area (Å²) < 4.78 is 63.5. The number of rotatable bonds is 6. The van der Waals surface area contributed by atoms with Gasteiger partial charge in [0.15, 0.2) is 0 Å². The Bertz CT molecular complexity index is 1390. The number of hydrogen-bond acceptors (Lipinski definition) is 6. The smallest absolute Gasteiger partial charge is 0.475 e. The lowest BCUT2D eigenvalue weighted by molar-refractivity contribution is -0.193. The third-order valence-electron chi connectivity index (χ3n) is 6.46. The molecule has 0 unspecified atom stereocenters. The first-order valence-corrected chi connectivity index (χ1v) is 13.4. The SMILES string of the molecule is Cc1cccc(C(=O)Nc2ccnc(N3CCC(N(C)Cc4ccccc4)CC3)c2)c1.O=C(O)C(F)(F)F.O=C(O)C(F)(F)F. The summed E-state index contributed by atoms with van der Waals surface area (Å²) in [5.74, 6) is -4.69. The standard InChI is InChI=1S/C26H30N4O.2C2HF3O2/c1-20-7-6-10-22(17-20)26(31)28-23-11-14-27-25(18-23)30-15-12-24(13-16-30)29(2)19-21-8-4-3-5-9-21;2*3-2(4,5)1(6)7/h3-11,14,17-18,24H,12-13,15-16,19H2,1-2H3,(H,27,28,31);2*(H,6,7). The van der Waals surface area contributed by atoms with Crippen molar-refractivity contribution in [3.05, 3.63) is 89.6 Å². The quantitative estimate of drug-likeness (QED) is 0.280. The van der Waals surface area contributed by atoms with Crippen molar-refractivity contribution in [2.75, 3.05) is 30.4 Å². The molecule has 1 aliphatic rings. The lowest BCUT2D eigenvalue weighted by atomic mass is 10.0. The number of carbonyl (C=O) groups is 3. The zero-order chi connectivity index (χ0) is 33.8. The maximum absolute atomic E-state index is 12.6. The Morgan fingerprint density at radius 2 is 1.44 bits per heavy atom. The van der Waals surface area contributed by atoms with Crippen LogP contribution < -0.4 is 10.2 Å². The largest absolute Gasteiger partial charge is 0.490 e. The zero-order valence-corrected chi connectivity index (χ0v) is 24.3. The van der Waals surface area contributed by atoms with Crippen LogP contribution in [0, 0.1) is 6.92 Å². The zero-order valence-electron chi connectivity index (χ0n) is 24.3. The van der Waals surface area contributed by atoms with Gasteiger partial charge in [-0.15, -0.1) is 0 Å². The van der Waals surface area contributed by atoms with Gasteiger partial charge in [0.25, 0.3) is 5.91 Å². The summed E-state index contributed by atoms with van der Waals surface area (Å²) >= 11 is 0. The molecule has 0 bridgehead atoms. The molecule has 1 saturated heterocycles. The van der Waals surface area contributed by atoms with Gasteiger partial charge in [-0.2, -0.15) is 26.3 Å². The lowest BCUT2D eigenvalue weighted by Gasteiger charge is -2.37. The molecule has 45 heavy (non-hydrogen) atoms. The van der Waals surface area contributed by atoms with Crippen LogP contribution in [0.25, 0.3) is 0 Å². The van der Waals surface area contributed by atoms with Crippen molar-refractivity contribution in [1.82, 2.24) is 9.88 Å². The molecule has 0 spiro atoms. The number of benzene rings is 2. The maximum Gasteiger partial charge on any atom is 0.490 e. The fourth-order valence-corrected chi connectivity index (χ4v) is 4.19. The molecule has 1 aromatic heterocycles. The average molecular weight is 643 g/mol. The van der Waals surface area contributed by atoms with Gasteiger partial charge in [0, 0.05) is 49.2 Å². The molecule has 2 heterocycles. The molecule has 3 N–H and O–H groups in total. The van der Waals surface area contributed by atoms with Crippen LogP contribution in [-0.2, 0) is 16.1 Å². The van der Waals surface area contributed by atoms with Gasteiger partial charge in [-0.1, -0.05) is 48.0 Å². The van der Waals surface area contributed by atoms with Crippen LogP contribution in [0.4, 0.5) is 37.8 Å². The van der Waals surface area contributed by atoms with Crippen LogP contribution in [0.3, 0.4) is 0 Å². The fraction of sp³-hybridized carbons (Fsp3) is 0.333. The molecule has 0 aliphatic carbocycles. The molecular formula is C30H32F6N4O5. The van der Waals surface area contributed by atoms with Crippen LogP contribution in [0.1, 0.15) is 34.3 Å². The van der Waals surface area contributed by atoms with E-state index in [1.165, 1.54) is 5.56 Å². The summed E-state index contributed by atoms with van der Waals surface area (Å²) in [5, 5.41) is 17.3. The Labute approximate surface area is 255 Å². The van der Waals surface area contributed by atoms with E-state index in [1.807, 2.05) is 43.3 Å². The van der Waals surface area contributed by atoms with Crippen LogP contribution in [-0.4, -0.2) is 76.5 Å². The summed E-state index contributed by atoms with van der Waals surface area (Å²) in [7, 11) is 2.22. The van der Waals surface area contributed by atoms with Crippen LogP contribution in [0.2, 0.25) is 0 Å². The van der Waals surface area contributed by atoms with E-state index >= 15 is 0 Å². The average Bonchev–Trinajstić information content (AvgIpc) is 2.97. The number of piperidine rings is 1. The monoisotopic (exact) mass is 642 g/mol. The van der Waals surface area contributed by atoms with Gasteiger partial charge in [-0.25, -0.2) is 14.6 Å². The number of aryl methyl sites for hydroxylation is 1. The minimum absolute atomic E-state index is 0.0953. The van der Waals surface area contributed by atoms with E-state index in [2.05, 4.69) is 57.5 Å². The first kappa shape index (κ1) is 36.5. The first-order valence-electron chi connectivity index (χ1n) is 13.4. The molecule has 15 heteroatoms. The minimum Gasteiger partial charge on any atom is -0.475 e. The molecule has 1 aliphatic heterocycles. The Kier molecular flexibility index (Phi) is 13.3. The molecule has 0 saturated carbocycles. The Morgan fingerprint density at radius 1 is 0.889 bits per heavy atom. The molecule has 0 radical (unpaired) electrons. The van der Waals surface area contributed by atoms with Crippen molar-refractivity contribution in [2.24, 2.45) is 0 Å². The van der Waals surface area contributed by atoms with E-state index in [4.69, 9.17) is 19.8 Å². The predicted molar refractivity (Wildman–Crippen MR) is 154 cm³/mol. The third kappa shape index (κ3) is 12.8. The van der Waals surface area contributed by atoms with Crippen molar-refractivity contribution in [1.29, 1.82) is 0 Å². The van der Waals surface area contributed by atoms with Gasteiger partial charge >= 0.3 is 24.3 Å². The molecule has 3 aromatic rings. The van der Waals surface area contributed by atoms with Gasteiger partial charge in [0.05, 0.1) is 0 Å². The summed E-state index contributed by atoms with van der Waals surface area (Å²) in [6.07, 6.45) is -6.19. The van der Waals surface area contributed by atoms with Crippen LogP contribution >= 0.6 is 0 Å². The molecule has 9 nitrogen and oxygen atoms in total. The van der Waals surface area contributed by atoms with Crippen molar-refractivity contribution < 1.29 is 50.9 Å². The number of alkyl halides is 6. The van der Waals surface area contributed by atoms with Crippen molar-refractivity contribution in [3.8, 4) is 0 Å². The summed E-state index contributed by atoms with van der Waals surface area (Å²) in [4.78, 5) is 39.7. The second-order valence-electron chi connectivity index (χ2n) is 9.95. The topological polar surface area (TPSA) is 123 Å². The molecule has 4 rings (SSSR count). The highest BCUT2D eigenvalue weighted by atomic mass is 19.4. The lowest BCUT2D eigenvalue weighted by Crippen LogP contribution is -2.43. The van der Waals surface area contributed by atoms with Gasteiger partial charge in [0.2, 0.25) is 0 Å². The molecule has 244 valence electrons. The van der Waals surface area contributed by atoms with E-state index in [9.17, 15) is 31.1 Å². The van der Waals surface area contributed by atoms with E-state index in [0.717, 1.165) is 49.5 Å². The van der Waals surface area contributed by atoms with Gasteiger partial charge in [0.1, 0.15) is 5.82 Å². The summed E-state index contributed by atoms with van der Waals surface area (Å²) in [5.41, 5.74) is 3.87. The number of aliphatic carboxylic acids is 2. The van der Waals surface area contributed by atoms with E-state index in [1.54, 1.807) is 6.20 Å². The number of hydrogen-bond donors (Lipinski definition) is 3. The Hall–Kier alpha value is -4.66. The van der Waals surface area contributed by atoms with Gasteiger partial charge in [-0.05, 0) is 50.6 Å². The molecular weight excluding hydrogens is 610 g/mol. The third-order valence-corrected chi connectivity index (χ3v) is 6.46. The number of carbonyl (C=O) groups excluding carboxylic acids is 1. The molecule has 0 atom stereocenters. The number of anilines is 2. The van der Waals surface area contributed by atoms with Gasteiger partial charge in [-0.3, -0.25) is 9.69 Å². The van der Waals surface area contributed by atoms with Crippen molar-refractivity contribution in [2.45, 2.75) is 44.7 Å². The number of aromatic nitrogens is 1. The number of pyridine rings is 1. The molecule has 1 amide bonds. The highest BCUT2D eigenvalue weighted by molar-refractivity contribution is 6.04. The second-order valence-corrected chi connectivity index (χ2v) is 9.95. The molecule has 1 fully saturated rings. The predicted octanol–water partition coefficient (Wildman–Crippen LogP) is 6.01. The minimum atomic E-state index is -5.08. The number of halogens is 6. The Balaban J connectivity index is 0.000000421. The summed E-state index contributed by atoms with van der Waals surface area (Å²) in [6.45, 7) is 4.89. The summed E-state index contributed by atoms with van der Waals surface area (Å²) in [6, 6.07) is 22.6. The molecule has 2 aromatic carbocycles. The highest BCUT2D eigenvalue weighted by Crippen LogP contribution is 2.24.